The number of nitrogens with zero attached hydrogens (tertiary/aromatic N) is 1. The van der Waals surface area contributed by atoms with E-state index < -0.39 is 0 Å². The molecule has 1 aliphatic heterocycles. The van der Waals surface area contributed by atoms with Crippen LogP contribution in [0.2, 0.25) is 0 Å². The van der Waals surface area contributed by atoms with Crippen LogP contribution in [0.1, 0.15) is 30.1 Å². The van der Waals surface area contributed by atoms with Gasteiger partial charge in [0.1, 0.15) is 5.75 Å². The van der Waals surface area contributed by atoms with E-state index in [1.54, 1.807) is 12.3 Å². The fourth-order valence-corrected chi connectivity index (χ4v) is 3.39. The SMILES string of the molecule is CCOc1ccc(-c2cnc(-c3ccccc3C(=O)NC[C@H]3CCCO3)o2)cc1. The van der Waals surface area contributed by atoms with Gasteiger partial charge in [-0.3, -0.25) is 4.79 Å². The van der Waals surface area contributed by atoms with Gasteiger partial charge < -0.3 is 19.2 Å². The average Bonchev–Trinajstić information content (AvgIpc) is 3.45. The Hall–Kier alpha value is -3.12. The van der Waals surface area contributed by atoms with Gasteiger partial charge in [-0.2, -0.15) is 0 Å². The summed E-state index contributed by atoms with van der Waals surface area (Å²) >= 11 is 0. The van der Waals surface area contributed by atoms with Crippen LogP contribution in [0, 0.1) is 0 Å². The number of carbonyl (C=O) groups excluding carboxylic acids is 1. The van der Waals surface area contributed by atoms with Crippen LogP contribution >= 0.6 is 0 Å². The van der Waals surface area contributed by atoms with Crippen LogP contribution in [0.4, 0.5) is 0 Å². The summed E-state index contributed by atoms with van der Waals surface area (Å²) < 4.78 is 17.0. The highest BCUT2D eigenvalue weighted by Crippen LogP contribution is 2.29. The summed E-state index contributed by atoms with van der Waals surface area (Å²) in [6.45, 7) is 3.85. The maximum atomic E-state index is 12.7. The minimum atomic E-state index is -0.156. The molecule has 3 aromatic rings. The largest absolute Gasteiger partial charge is 0.494 e. The molecule has 29 heavy (non-hydrogen) atoms. The third-order valence-electron chi connectivity index (χ3n) is 4.87. The number of rotatable bonds is 7. The normalized spacial score (nSPS) is 16.0. The number of carbonyl (C=O) groups is 1. The number of nitrogens with one attached hydrogen (secondary N) is 1. The summed E-state index contributed by atoms with van der Waals surface area (Å²) in [5, 5.41) is 2.96. The van der Waals surface area contributed by atoms with Crippen molar-refractivity contribution in [2.45, 2.75) is 25.9 Å². The molecule has 1 aromatic heterocycles. The lowest BCUT2D eigenvalue weighted by atomic mass is 10.1. The predicted molar refractivity (Wildman–Crippen MR) is 110 cm³/mol. The van der Waals surface area contributed by atoms with Crippen LogP contribution < -0.4 is 10.1 Å². The fraction of sp³-hybridized carbons (Fsp3) is 0.304. The van der Waals surface area contributed by atoms with Crippen molar-refractivity contribution in [3.05, 3.63) is 60.3 Å². The Morgan fingerprint density at radius 2 is 2.03 bits per heavy atom. The molecule has 150 valence electrons. The molecular formula is C23H24N2O4. The Bertz CT molecular complexity index is 959. The van der Waals surface area contributed by atoms with Crippen LogP contribution in [-0.4, -0.2) is 36.8 Å². The lowest BCUT2D eigenvalue weighted by Crippen LogP contribution is -2.32. The first-order chi connectivity index (χ1) is 14.2. The monoisotopic (exact) mass is 392 g/mol. The van der Waals surface area contributed by atoms with Crippen molar-refractivity contribution in [3.8, 4) is 28.5 Å². The van der Waals surface area contributed by atoms with Gasteiger partial charge in [-0.15, -0.1) is 0 Å². The van der Waals surface area contributed by atoms with E-state index in [9.17, 15) is 4.79 Å². The lowest BCUT2D eigenvalue weighted by Gasteiger charge is -2.12. The number of oxazole rings is 1. The van der Waals surface area contributed by atoms with Gasteiger partial charge in [0.25, 0.3) is 5.91 Å². The molecule has 1 atom stereocenters. The molecule has 2 heterocycles. The van der Waals surface area contributed by atoms with Gasteiger partial charge in [-0.05, 0) is 56.2 Å². The first-order valence-electron chi connectivity index (χ1n) is 9.93. The van der Waals surface area contributed by atoms with Gasteiger partial charge in [0.05, 0.1) is 24.5 Å². The minimum Gasteiger partial charge on any atom is -0.494 e. The molecule has 1 fully saturated rings. The third-order valence-corrected chi connectivity index (χ3v) is 4.87. The summed E-state index contributed by atoms with van der Waals surface area (Å²) in [6, 6.07) is 15.0. The van der Waals surface area contributed by atoms with Gasteiger partial charge >= 0.3 is 0 Å². The van der Waals surface area contributed by atoms with E-state index in [4.69, 9.17) is 13.9 Å². The number of aromatic nitrogens is 1. The number of hydrogen-bond donors (Lipinski definition) is 1. The van der Waals surface area contributed by atoms with Gasteiger partial charge in [0.2, 0.25) is 5.89 Å². The van der Waals surface area contributed by atoms with Crippen LogP contribution in [-0.2, 0) is 4.74 Å². The molecule has 1 N–H and O–H groups in total. The molecule has 2 aromatic carbocycles. The standard InChI is InChI=1S/C23H24N2O4/c1-2-27-17-11-9-16(10-12-17)21-15-25-23(29-21)20-8-4-3-7-19(20)22(26)24-14-18-6-5-13-28-18/h3-4,7-12,15,18H,2,5-6,13-14H2,1H3,(H,24,26)/t18-/m1/s1. The highest BCUT2D eigenvalue weighted by molar-refractivity contribution is 6.00. The highest BCUT2D eigenvalue weighted by atomic mass is 16.5. The Morgan fingerprint density at radius 3 is 2.79 bits per heavy atom. The number of benzene rings is 2. The van der Waals surface area contributed by atoms with Crippen LogP contribution in [0.5, 0.6) is 5.75 Å². The van der Waals surface area contributed by atoms with Crippen molar-refractivity contribution >= 4 is 5.91 Å². The van der Waals surface area contributed by atoms with Crippen LogP contribution in [0.15, 0.2) is 59.1 Å². The van der Waals surface area contributed by atoms with E-state index in [-0.39, 0.29) is 12.0 Å². The second-order valence-electron chi connectivity index (χ2n) is 6.88. The molecule has 1 saturated heterocycles. The molecule has 1 aliphatic rings. The van der Waals surface area contributed by atoms with E-state index >= 15 is 0 Å². The Balaban J connectivity index is 1.52. The summed E-state index contributed by atoms with van der Waals surface area (Å²) in [7, 11) is 0. The van der Waals surface area contributed by atoms with E-state index in [1.807, 2.05) is 49.4 Å². The Morgan fingerprint density at radius 1 is 1.21 bits per heavy atom. The first-order valence-corrected chi connectivity index (χ1v) is 9.93. The maximum absolute atomic E-state index is 12.7. The van der Waals surface area contributed by atoms with E-state index in [2.05, 4.69) is 10.3 Å². The Kier molecular flexibility index (Phi) is 5.91. The van der Waals surface area contributed by atoms with E-state index in [0.29, 0.717) is 35.9 Å². The topological polar surface area (TPSA) is 73.6 Å². The van der Waals surface area contributed by atoms with E-state index in [0.717, 1.165) is 30.8 Å². The molecule has 0 saturated carbocycles. The van der Waals surface area contributed by atoms with Gasteiger partial charge in [-0.1, -0.05) is 12.1 Å². The molecule has 0 aliphatic carbocycles. The zero-order chi connectivity index (χ0) is 20.1. The van der Waals surface area contributed by atoms with Crippen molar-refractivity contribution in [1.29, 1.82) is 0 Å². The van der Waals surface area contributed by atoms with Crippen molar-refractivity contribution in [3.63, 3.8) is 0 Å². The molecule has 0 bridgehead atoms. The summed E-state index contributed by atoms with van der Waals surface area (Å²) in [6.07, 6.45) is 3.79. The Labute approximate surface area is 169 Å². The molecule has 6 heteroatoms. The molecule has 6 nitrogen and oxygen atoms in total. The number of amides is 1. The molecule has 1 amide bonds. The maximum Gasteiger partial charge on any atom is 0.252 e. The zero-order valence-electron chi connectivity index (χ0n) is 16.4. The predicted octanol–water partition coefficient (Wildman–Crippen LogP) is 4.32. The summed E-state index contributed by atoms with van der Waals surface area (Å²) in [5.41, 5.74) is 2.09. The smallest absolute Gasteiger partial charge is 0.252 e. The van der Waals surface area contributed by atoms with Crippen LogP contribution in [0.3, 0.4) is 0 Å². The highest BCUT2D eigenvalue weighted by Gasteiger charge is 2.20. The van der Waals surface area contributed by atoms with Crippen LogP contribution in [0.25, 0.3) is 22.8 Å². The van der Waals surface area contributed by atoms with Crippen molar-refractivity contribution in [2.75, 3.05) is 19.8 Å². The summed E-state index contributed by atoms with van der Waals surface area (Å²) in [4.78, 5) is 17.1. The van der Waals surface area contributed by atoms with Gasteiger partial charge in [-0.25, -0.2) is 4.98 Å². The average molecular weight is 392 g/mol. The molecule has 0 spiro atoms. The van der Waals surface area contributed by atoms with Gasteiger partial charge in [0.15, 0.2) is 5.76 Å². The van der Waals surface area contributed by atoms with E-state index in [1.165, 1.54) is 0 Å². The second-order valence-corrected chi connectivity index (χ2v) is 6.88. The third kappa shape index (κ3) is 4.49. The zero-order valence-corrected chi connectivity index (χ0v) is 16.4. The molecule has 0 radical (unpaired) electrons. The van der Waals surface area contributed by atoms with Crippen molar-refractivity contribution in [1.82, 2.24) is 10.3 Å². The fourth-order valence-electron chi connectivity index (χ4n) is 3.39. The van der Waals surface area contributed by atoms with Crippen molar-refractivity contribution in [2.24, 2.45) is 0 Å². The van der Waals surface area contributed by atoms with Crippen molar-refractivity contribution < 1.29 is 18.7 Å². The molecule has 4 rings (SSSR count). The minimum absolute atomic E-state index is 0.0964. The molecular weight excluding hydrogens is 368 g/mol. The molecule has 0 unspecified atom stereocenters. The lowest BCUT2D eigenvalue weighted by molar-refractivity contribution is 0.0858. The first kappa shape index (κ1) is 19.2. The summed E-state index contributed by atoms with van der Waals surface area (Å²) in [5.74, 6) is 1.70. The quantitative estimate of drug-likeness (QED) is 0.648. The number of hydrogen-bond acceptors (Lipinski definition) is 5. The second kappa shape index (κ2) is 8.92. The van der Waals surface area contributed by atoms with Gasteiger partial charge in [0, 0.05) is 24.3 Å². The number of ether oxygens (including phenoxy) is 2.